The number of aromatic nitrogens is 1. The summed E-state index contributed by atoms with van der Waals surface area (Å²) in [6.07, 6.45) is 2.31. The van der Waals surface area contributed by atoms with Gasteiger partial charge in [-0.25, -0.2) is 4.98 Å². The van der Waals surface area contributed by atoms with E-state index in [1.807, 2.05) is 30.3 Å². The average molecular weight is 330 g/mol. The molecule has 1 aliphatic heterocycles. The minimum absolute atomic E-state index is 0.00670. The third-order valence-corrected chi connectivity index (χ3v) is 4.87. The standard InChI is InChI=1S/C17H18N2O3S/c20-16(21)10-13-7-4-8-19(13)17(22)14-11-23-15(18-14)9-12-5-2-1-3-6-12/h1-3,5-6,11,13H,4,7-10H2,(H,20,21). The molecule has 0 spiro atoms. The number of amides is 1. The van der Waals surface area contributed by atoms with Gasteiger partial charge in [0, 0.05) is 24.4 Å². The first-order valence-corrected chi connectivity index (χ1v) is 8.52. The topological polar surface area (TPSA) is 70.5 Å². The normalized spacial score (nSPS) is 17.4. The summed E-state index contributed by atoms with van der Waals surface area (Å²) in [6, 6.07) is 9.79. The van der Waals surface area contributed by atoms with E-state index in [0.29, 0.717) is 18.7 Å². The van der Waals surface area contributed by atoms with Crippen LogP contribution in [0.15, 0.2) is 35.7 Å². The first-order valence-electron chi connectivity index (χ1n) is 7.64. The highest BCUT2D eigenvalue weighted by atomic mass is 32.1. The summed E-state index contributed by atoms with van der Waals surface area (Å²) in [5, 5.41) is 11.6. The molecule has 2 aromatic rings. The summed E-state index contributed by atoms with van der Waals surface area (Å²) >= 11 is 1.47. The number of carboxylic acids is 1. The number of hydrogen-bond donors (Lipinski definition) is 1. The van der Waals surface area contributed by atoms with Crippen LogP contribution < -0.4 is 0 Å². The maximum atomic E-state index is 12.6. The molecule has 1 saturated heterocycles. The van der Waals surface area contributed by atoms with Gasteiger partial charge in [-0.1, -0.05) is 30.3 Å². The summed E-state index contributed by atoms with van der Waals surface area (Å²) in [5.41, 5.74) is 1.59. The van der Waals surface area contributed by atoms with Gasteiger partial charge in [0.15, 0.2) is 0 Å². The van der Waals surface area contributed by atoms with Crippen LogP contribution in [0.5, 0.6) is 0 Å². The molecule has 6 heteroatoms. The molecule has 1 fully saturated rings. The van der Waals surface area contributed by atoms with Gasteiger partial charge < -0.3 is 10.0 Å². The largest absolute Gasteiger partial charge is 0.481 e. The van der Waals surface area contributed by atoms with Crippen LogP contribution in [0.4, 0.5) is 0 Å². The Bertz CT molecular complexity index is 699. The van der Waals surface area contributed by atoms with Crippen LogP contribution in [0.3, 0.4) is 0 Å². The van der Waals surface area contributed by atoms with Crippen molar-refractivity contribution in [3.63, 3.8) is 0 Å². The molecular formula is C17H18N2O3S. The predicted octanol–water partition coefficient (Wildman–Crippen LogP) is 2.81. The first kappa shape index (κ1) is 15.7. The lowest BCUT2D eigenvalue weighted by Crippen LogP contribution is -2.37. The Morgan fingerprint density at radius 1 is 1.30 bits per heavy atom. The van der Waals surface area contributed by atoms with E-state index in [1.54, 1.807) is 10.3 Å². The maximum Gasteiger partial charge on any atom is 0.305 e. The molecule has 1 atom stereocenters. The number of aliphatic carboxylic acids is 1. The molecule has 1 aliphatic rings. The van der Waals surface area contributed by atoms with Gasteiger partial charge in [-0.15, -0.1) is 11.3 Å². The fraction of sp³-hybridized carbons (Fsp3) is 0.353. The zero-order valence-electron chi connectivity index (χ0n) is 12.6. The van der Waals surface area contributed by atoms with E-state index in [9.17, 15) is 9.59 Å². The van der Waals surface area contributed by atoms with Gasteiger partial charge in [0.2, 0.25) is 0 Å². The van der Waals surface area contributed by atoms with E-state index in [1.165, 1.54) is 11.3 Å². The van der Waals surface area contributed by atoms with E-state index >= 15 is 0 Å². The highest BCUT2D eigenvalue weighted by molar-refractivity contribution is 7.09. The summed E-state index contributed by atoms with van der Waals surface area (Å²) in [7, 11) is 0. The van der Waals surface area contributed by atoms with Crippen LogP contribution in [0, 0.1) is 0 Å². The highest BCUT2D eigenvalue weighted by Crippen LogP contribution is 2.24. The van der Waals surface area contributed by atoms with Gasteiger partial charge in [-0.05, 0) is 18.4 Å². The Morgan fingerprint density at radius 3 is 2.83 bits per heavy atom. The lowest BCUT2D eigenvalue weighted by molar-refractivity contribution is -0.137. The highest BCUT2D eigenvalue weighted by Gasteiger charge is 2.31. The molecule has 0 saturated carbocycles. The second-order valence-electron chi connectivity index (χ2n) is 5.68. The predicted molar refractivity (Wildman–Crippen MR) is 87.7 cm³/mol. The number of thiazole rings is 1. The van der Waals surface area contributed by atoms with Crippen LogP contribution in [-0.2, 0) is 11.2 Å². The molecule has 5 nitrogen and oxygen atoms in total. The number of carboxylic acid groups (broad SMARTS) is 1. The summed E-state index contributed by atoms with van der Waals surface area (Å²) in [6.45, 7) is 0.613. The quantitative estimate of drug-likeness (QED) is 0.915. The van der Waals surface area contributed by atoms with Crippen molar-refractivity contribution in [3.8, 4) is 0 Å². The van der Waals surface area contributed by atoms with Crippen LogP contribution in [-0.4, -0.2) is 39.5 Å². The van der Waals surface area contributed by atoms with Crippen LogP contribution in [0.2, 0.25) is 0 Å². The van der Waals surface area contributed by atoms with Crippen molar-refractivity contribution in [3.05, 3.63) is 52.0 Å². The van der Waals surface area contributed by atoms with Crippen molar-refractivity contribution in [2.75, 3.05) is 6.54 Å². The van der Waals surface area contributed by atoms with Gasteiger partial charge in [0.25, 0.3) is 5.91 Å². The summed E-state index contributed by atoms with van der Waals surface area (Å²) < 4.78 is 0. The number of likely N-dealkylation sites (tertiary alicyclic amines) is 1. The van der Waals surface area contributed by atoms with Crippen molar-refractivity contribution in [1.29, 1.82) is 0 Å². The van der Waals surface area contributed by atoms with Crippen molar-refractivity contribution in [2.24, 2.45) is 0 Å². The number of rotatable bonds is 5. The van der Waals surface area contributed by atoms with Gasteiger partial charge >= 0.3 is 5.97 Å². The van der Waals surface area contributed by atoms with E-state index in [4.69, 9.17) is 5.11 Å². The van der Waals surface area contributed by atoms with Crippen molar-refractivity contribution >= 4 is 23.2 Å². The Labute approximate surface area is 138 Å². The number of benzene rings is 1. The van der Waals surface area contributed by atoms with Crippen molar-refractivity contribution in [1.82, 2.24) is 9.88 Å². The zero-order chi connectivity index (χ0) is 16.2. The summed E-state index contributed by atoms with van der Waals surface area (Å²) in [4.78, 5) is 29.6. The van der Waals surface area contributed by atoms with Crippen LogP contribution in [0.25, 0.3) is 0 Å². The Morgan fingerprint density at radius 2 is 2.09 bits per heavy atom. The number of nitrogens with zero attached hydrogens (tertiary/aromatic N) is 2. The van der Waals surface area contributed by atoms with E-state index in [0.717, 1.165) is 23.4 Å². The van der Waals surface area contributed by atoms with Gasteiger partial charge in [0.05, 0.1) is 11.4 Å². The molecule has 1 aromatic carbocycles. The monoisotopic (exact) mass is 330 g/mol. The molecule has 23 heavy (non-hydrogen) atoms. The maximum absolute atomic E-state index is 12.6. The molecule has 0 aliphatic carbocycles. The van der Waals surface area contributed by atoms with Gasteiger partial charge in [-0.2, -0.15) is 0 Å². The minimum atomic E-state index is -0.863. The Balaban J connectivity index is 1.69. The Kier molecular flexibility index (Phi) is 4.71. The third kappa shape index (κ3) is 3.76. The molecule has 2 heterocycles. The van der Waals surface area contributed by atoms with Crippen LogP contribution >= 0.6 is 11.3 Å². The second kappa shape index (κ2) is 6.91. The molecule has 0 bridgehead atoms. The molecule has 1 amide bonds. The fourth-order valence-electron chi connectivity index (χ4n) is 2.92. The average Bonchev–Trinajstić information content (AvgIpc) is 3.17. The van der Waals surface area contributed by atoms with Crippen LogP contribution in [0.1, 0.15) is 40.3 Å². The third-order valence-electron chi connectivity index (χ3n) is 4.02. The number of carbonyl (C=O) groups is 2. The fourth-order valence-corrected chi connectivity index (χ4v) is 3.73. The van der Waals surface area contributed by atoms with E-state index < -0.39 is 5.97 Å². The second-order valence-corrected chi connectivity index (χ2v) is 6.62. The lowest BCUT2D eigenvalue weighted by atomic mass is 10.1. The number of hydrogen-bond acceptors (Lipinski definition) is 4. The van der Waals surface area contributed by atoms with Gasteiger partial charge in [0.1, 0.15) is 5.69 Å². The van der Waals surface area contributed by atoms with Gasteiger partial charge in [-0.3, -0.25) is 9.59 Å². The molecule has 1 aromatic heterocycles. The van der Waals surface area contributed by atoms with Crippen molar-refractivity contribution < 1.29 is 14.7 Å². The Hall–Kier alpha value is -2.21. The molecular weight excluding hydrogens is 312 g/mol. The van der Waals surface area contributed by atoms with E-state index in [-0.39, 0.29) is 18.4 Å². The van der Waals surface area contributed by atoms with Crippen molar-refractivity contribution in [2.45, 2.75) is 31.7 Å². The minimum Gasteiger partial charge on any atom is -0.481 e. The molecule has 3 rings (SSSR count). The molecule has 1 unspecified atom stereocenters. The summed E-state index contributed by atoms with van der Waals surface area (Å²) in [5.74, 6) is -1.01. The number of carbonyl (C=O) groups excluding carboxylic acids is 1. The SMILES string of the molecule is O=C(O)CC1CCCN1C(=O)c1csc(Cc2ccccc2)n1. The molecule has 1 N–H and O–H groups in total. The lowest BCUT2D eigenvalue weighted by Gasteiger charge is -2.22. The zero-order valence-corrected chi connectivity index (χ0v) is 13.5. The molecule has 120 valence electrons. The van der Waals surface area contributed by atoms with E-state index in [2.05, 4.69) is 4.98 Å². The smallest absolute Gasteiger partial charge is 0.305 e. The molecule has 0 radical (unpaired) electrons. The first-order chi connectivity index (χ1) is 11.1.